The lowest BCUT2D eigenvalue weighted by Crippen LogP contribution is -2.46. The van der Waals surface area contributed by atoms with Crippen molar-refractivity contribution in [2.75, 3.05) is 20.2 Å². The Morgan fingerprint density at radius 2 is 2.29 bits per heavy atom. The molecule has 0 amide bonds. The molecule has 5 heteroatoms. The van der Waals surface area contributed by atoms with Gasteiger partial charge in [0.05, 0.1) is 7.11 Å². The molecule has 1 heterocycles. The van der Waals surface area contributed by atoms with E-state index in [0.29, 0.717) is 18.9 Å². The van der Waals surface area contributed by atoms with Crippen LogP contribution in [0.3, 0.4) is 0 Å². The number of rotatable bonds is 5. The lowest BCUT2D eigenvalue weighted by molar-refractivity contribution is -0.141. The number of piperidine rings is 1. The summed E-state index contributed by atoms with van der Waals surface area (Å²) >= 11 is 0. The number of ether oxygens (including phenoxy) is 1. The average Bonchev–Trinajstić information content (AvgIpc) is 2.44. The largest absolute Gasteiger partial charge is 0.469 e. The highest BCUT2D eigenvalue weighted by atomic mass is 19.1. The number of likely N-dealkylation sites (tertiary alicyclic amines) is 1. The Balaban J connectivity index is 1.89. The van der Waals surface area contributed by atoms with Crippen LogP contribution in [0, 0.1) is 11.7 Å². The van der Waals surface area contributed by atoms with Gasteiger partial charge in [-0.15, -0.1) is 0 Å². The number of nitrogens with two attached hydrogens (primary N) is 1. The van der Waals surface area contributed by atoms with Gasteiger partial charge in [0.1, 0.15) is 5.82 Å². The zero-order valence-corrected chi connectivity index (χ0v) is 12.4. The van der Waals surface area contributed by atoms with Gasteiger partial charge in [-0.2, -0.15) is 0 Å². The van der Waals surface area contributed by atoms with Gasteiger partial charge in [-0.25, -0.2) is 4.39 Å². The van der Waals surface area contributed by atoms with E-state index in [1.807, 2.05) is 6.07 Å². The number of carbonyl (C=O) groups is 1. The van der Waals surface area contributed by atoms with Gasteiger partial charge in [0.25, 0.3) is 0 Å². The van der Waals surface area contributed by atoms with E-state index >= 15 is 0 Å². The molecule has 1 aliphatic rings. The monoisotopic (exact) mass is 294 g/mol. The minimum Gasteiger partial charge on any atom is -0.469 e. The third kappa shape index (κ3) is 5.10. The lowest BCUT2D eigenvalue weighted by Gasteiger charge is -2.36. The van der Waals surface area contributed by atoms with Crippen molar-refractivity contribution in [3.05, 3.63) is 35.6 Å². The molecule has 1 aromatic carbocycles. The maximum Gasteiger partial charge on any atom is 0.305 e. The van der Waals surface area contributed by atoms with E-state index in [-0.39, 0.29) is 17.8 Å². The summed E-state index contributed by atoms with van der Waals surface area (Å²) in [5, 5.41) is 0. The van der Waals surface area contributed by atoms with E-state index in [1.54, 1.807) is 12.1 Å². The zero-order valence-electron chi connectivity index (χ0n) is 12.4. The molecule has 1 aliphatic heterocycles. The van der Waals surface area contributed by atoms with Gasteiger partial charge < -0.3 is 10.5 Å². The number of methoxy groups -OCH3 is 1. The molecule has 2 rings (SSSR count). The number of halogens is 1. The number of nitrogens with zero attached hydrogens (tertiary/aromatic N) is 1. The summed E-state index contributed by atoms with van der Waals surface area (Å²) < 4.78 is 17.9. The molecule has 0 aliphatic carbocycles. The number of esters is 1. The van der Waals surface area contributed by atoms with E-state index in [4.69, 9.17) is 5.73 Å². The van der Waals surface area contributed by atoms with Crippen LogP contribution in [-0.2, 0) is 16.1 Å². The molecule has 0 bridgehead atoms. The van der Waals surface area contributed by atoms with E-state index in [2.05, 4.69) is 9.64 Å². The van der Waals surface area contributed by atoms with Gasteiger partial charge in [-0.1, -0.05) is 12.1 Å². The number of carbonyl (C=O) groups excluding carboxylic acids is 1. The summed E-state index contributed by atoms with van der Waals surface area (Å²) in [7, 11) is 1.41. The maximum absolute atomic E-state index is 13.2. The Kier molecular flexibility index (Phi) is 5.70. The molecule has 1 aromatic rings. The van der Waals surface area contributed by atoms with Gasteiger partial charge in [0.2, 0.25) is 0 Å². The first-order valence-electron chi connectivity index (χ1n) is 7.36. The van der Waals surface area contributed by atoms with Crippen LogP contribution in [0.5, 0.6) is 0 Å². The van der Waals surface area contributed by atoms with Crippen molar-refractivity contribution < 1.29 is 13.9 Å². The minimum absolute atomic E-state index is 0.106. The van der Waals surface area contributed by atoms with Crippen molar-refractivity contribution in [3.63, 3.8) is 0 Å². The second kappa shape index (κ2) is 7.52. The van der Waals surface area contributed by atoms with Gasteiger partial charge in [0, 0.05) is 32.1 Å². The van der Waals surface area contributed by atoms with Crippen LogP contribution < -0.4 is 5.73 Å². The molecule has 1 fully saturated rings. The quantitative estimate of drug-likeness (QED) is 0.843. The van der Waals surface area contributed by atoms with Crippen LogP contribution >= 0.6 is 0 Å². The van der Waals surface area contributed by atoms with Crippen LogP contribution in [0.15, 0.2) is 24.3 Å². The number of benzene rings is 1. The smallest absolute Gasteiger partial charge is 0.305 e. The summed E-state index contributed by atoms with van der Waals surface area (Å²) in [6.07, 6.45) is 2.15. The second-order valence-electron chi connectivity index (χ2n) is 5.80. The van der Waals surface area contributed by atoms with Crippen LogP contribution in [0.25, 0.3) is 0 Å². The van der Waals surface area contributed by atoms with Gasteiger partial charge in [-0.3, -0.25) is 9.69 Å². The van der Waals surface area contributed by atoms with Crippen molar-refractivity contribution in [2.24, 2.45) is 11.7 Å². The third-order valence-corrected chi connectivity index (χ3v) is 3.92. The Labute approximate surface area is 125 Å². The molecule has 2 atom stereocenters. The molecular weight excluding hydrogens is 271 g/mol. The van der Waals surface area contributed by atoms with Crippen LogP contribution in [0.4, 0.5) is 4.39 Å². The fourth-order valence-electron chi connectivity index (χ4n) is 3.00. The first-order chi connectivity index (χ1) is 10.1. The highest BCUT2D eigenvalue weighted by molar-refractivity contribution is 5.69. The van der Waals surface area contributed by atoms with Gasteiger partial charge in [-0.05, 0) is 36.5 Å². The topological polar surface area (TPSA) is 55.6 Å². The predicted molar refractivity (Wildman–Crippen MR) is 79.0 cm³/mol. The van der Waals surface area contributed by atoms with E-state index < -0.39 is 0 Å². The Bertz CT molecular complexity index is 481. The van der Waals surface area contributed by atoms with Gasteiger partial charge >= 0.3 is 5.97 Å². The normalized spacial score (nSPS) is 23.0. The van der Waals surface area contributed by atoms with Crippen LogP contribution in [0.2, 0.25) is 0 Å². The minimum atomic E-state index is -0.212. The summed E-state index contributed by atoms with van der Waals surface area (Å²) in [5.74, 6) is 0.00304. The molecule has 0 saturated carbocycles. The van der Waals surface area contributed by atoms with Crippen molar-refractivity contribution >= 4 is 5.97 Å². The zero-order chi connectivity index (χ0) is 15.2. The predicted octanol–water partition coefficient (Wildman–Crippen LogP) is 1.93. The Morgan fingerprint density at radius 1 is 1.48 bits per heavy atom. The van der Waals surface area contributed by atoms with E-state index in [0.717, 1.165) is 31.5 Å². The van der Waals surface area contributed by atoms with Crippen molar-refractivity contribution in [3.8, 4) is 0 Å². The first kappa shape index (κ1) is 15.9. The molecule has 2 N–H and O–H groups in total. The highest BCUT2D eigenvalue weighted by Crippen LogP contribution is 2.22. The molecule has 4 nitrogen and oxygen atoms in total. The SMILES string of the molecule is COC(=O)CCC1CC(N)CN(Cc2cccc(F)c2)C1. The fourth-order valence-corrected chi connectivity index (χ4v) is 3.00. The van der Waals surface area contributed by atoms with Gasteiger partial charge in [0.15, 0.2) is 0 Å². The average molecular weight is 294 g/mol. The second-order valence-corrected chi connectivity index (χ2v) is 5.80. The molecule has 116 valence electrons. The summed E-state index contributed by atoms with van der Waals surface area (Å²) in [4.78, 5) is 13.5. The Morgan fingerprint density at radius 3 is 3.00 bits per heavy atom. The third-order valence-electron chi connectivity index (χ3n) is 3.92. The summed E-state index contributed by atoms with van der Waals surface area (Å²) in [6.45, 7) is 2.40. The summed E-state index contributed by atoms with van der Waals surface area (Å²) in [6, 6.07) is 6.76. The van der Waals surface area contributed by atoms with Crippen LogP contribution in [-0.4, -0.2) is 37.1 Å². The van der Waals surface area contributed by atoms with Crippen molar-refractivity contribution in [1.29, 1.82) is 0 Å². The molecule has 0 spiro atoms. The molecule has 21 heavy (non-hydrogen) atoms. The van der Waals surface area contributed by atoms with Crippen LogP contribution in [0.1, 0.15) is 24.8 Å². The van der Waals surface area contributed by atoms with Crippen molar-refractivity contribution in [2.45, 2.75) is 31.8 Å². The van der Waals surface area contributed by atoms with Crippen molar-refractivity contribution in [1.82, 2.24) is 4.90 Å². The van der Waals surface area contributed by atoms with E-state index in [1.165, 1.54) is 13.2 Å². The fraction of sp³-hybridized carbons (Fsp3) is 0.562. The molecule has 0 aromatic heterocycles. The molecule has 0 radical (unpaired) electrons. The Hall–Kier alpha value is -1.46. The molecule has 2 unspecified atom stereocenters. The first-order valence-corrected chi connectivity index (χ1v) is 7.36. The summed E-state index contributed by atoms with van der Waals surface area (Å²) in [5.41, 5.74) is 7.06. The molecule has 1 saturated heterocycles. The number of hydrogen-bond donors (Lipinski definition) is 1. The molecular formula is C16H23FN2O2. The lowest BCUT2D eigenvalue weighted by atomic mass is 9.90. The van der Waals surface area contributed by atoms with E-state index in [9.17, 15) is 9.18 Å². The number of hydrogen-bond acceptors (Lipinski definition) is 4. The maximum atomic E-state index is 13.2. The highest BCUT2D eigenvalue weighted by Gasteiger charge is 2.25. The standard InChI is InChI=1S/C16H23FN2O2/c1-21-16(20)6-5-13-8-15(18)11-19(10-13)9-12-3-2-4-14(17)7-12/h2-4,7,13,15H,5-6,8-11,18H2,1H3.